The summed E-state index contributed by atoms with van der Waals surface area (Å²) in [5, 5.41) is 9.73. The van der Waals surface area contributed by atoms with Crippen LogP contribution in [0.25, 0.3) is 0 Å². The first kappa shape index (κ1) is 11.5. The minimum absolute atomic E-state index is 0.00857. The first-order valence-corrected chi connectivity index (χ1v) is 5.04. The van der Waals surface area contributed by atoms with Crippen LogP contribution in [0.4, 0.5) is 0 Å². The molecule has 1 aromatic carbocycles. The van der Waals surface area contributed by atoms with E-state index in [1.165, 1.54) is 0 Å². The lowest BCUT2D eigenvalue weighted by Gasteiger charge is -2.11. The van der Waals surface area contributed by atoms with E-state index < -0.39 is 0 Å². The molecule has 14 heavy (non-hydrogen) atoms. The molecule has 1 rings (SSSR count). The molecule has 0 fully saturated rings. The molecule has 0 amide bonds. The van der Waals surface area contributed by atoms with Crippen LogP contribution in [-0.2, 0) is 13.0 Å². The predicted octanol–water partition coefficient (Wildman–Crippen LogP) is 1.94. The van der Waals surface area contributed by atoms with E-state index in [-0.39, 0.29) is 6.61 Å². The summed E-state index contributed by atoms with van der Waals surface area (Å²) in [5.74, 6) is 0. The molecule has 0 saturated carbocycles. The molecule has 0 aliphatic heterocycles. The van der Waals surface area contributed by atoms with E-state index in [0.717, 1.165) is 24.1 Å². The van der Waals surface area contributed by atoms with Crippen LogP contribution in [0.15, 0.2) is 18.2 Å². The Balaban J connectivity index is 2.76. The van der Waals surface area contributed by atoms with Crippen LogP contribution >= 0.6 is 11.6 Å². The number of rotatable bonds is 4. The second-order valence-corrected chi connectivity index (χ2v) is 3.98. The molecule has 0 heterocycles. The fraction of sp³-hybridized carbons (Fsp3) is 0.455. The van der Waals surface area contributed by atoms with Crippen molar-refractivity contribution in [3.8, 4) is 0 Å². The normalized spacial score (nSPS) is 10.9. The molecular weight excluding hydrogens is 198 g/mol. The minimum Gasteiger partial charge on any atom is -0.392 e. The van der Waals surface area contributed by atoms with E-state index in [1.54, 1.807) is 0 Å². The zero-order valence-electron chi connectivity index (χ0n) is 8.63. The number of hydrogen-bond donors (Lipinski definition) is 1. The minimum atomic E-state index is 0.00857. The van der Waals surface area contributed by atoms with Gasteiger partial charge in [-0.2, -0.15) is 0 Å². The largest absolute Gasteiger partial charge is 0.392 e. The van der Waals surface area contributed by atoms with E-state index in [9.17, 15) is 0 Å². The lowest BCUT2D eigenvalue weighted by molar-refractivity contribution is 0.282. The molecule has 0 unspecified atom stereocenters. The van der Waals surface area contributed by atoms with Crippen molar-refractivity contribution in [3.05, 3.63) is 34.3 Å². The smallest absolute Gasteiger partial charge is 0.0696 e. The van der Waals surface area contributed by atoms with E-state index in [2.05, 4.69) is 4.90 Å². The van der Waals surface area contributed by atoms with Crippen molar-refractivity contribution in [1.29, 1.82) is 0 Å². The third-order valence-corrected chi connectivity index (χ3v) is 2.64. The van der Waals surface area contributed by atoms with Gasteiger partial charge in [-0.1, -0.05) is 29.8 Å². The quantitative estimate of drug-likeness (QED) is 0.827. The second-order valence-electron chi connectivity index (χ2n) is 3.60. The molecule has 1 aromatic rings. The van der Waals surface area contributed by atoms with Crippen LogP contribution in [0, 0.1) is 0 Å². The van der Waals surface area contributed by atoms with Crippen molar-refractivity contribution in [2.45, 2.75) is 13.0 Å². The van der Waals surface area contributed by atoms with Crippen molar-refractivity contribution < 1.29 is 5.11 Å². The molecule has 0 saturated heterocycles. The molecule has 78 valence electrons. The van der Waals surface area contributed by atoms with E-state index >= 15 is 0 Å². The number of benzene rings is 1. The standard InChI is InChI=1S/C11H16ClNO/c1-13(2)7-6-9-4-3-5-10(8-14)11(9)12/h3-5,14H,6-8H2,1-2H3. The van der Waals surface area contributed by atoms with Crippen LogP contribution in [0.1, 0.15) is 11.1 Å². The van der Waals surface area contributed by atoms with Crippen LogP contribution < -0.4 is 0 Å². The molecule has 0 spiro atoms. The second kappa shape index (κ2) is 5.35. The number of aliphatic hydroxyl groups is 1. The molecule has 2 nitrogen and oxygen atoms in total. The fourth-order valence-electron chi connectivity index (χ4n) is 1.29. The molecular formula is C11H16ClNO. The molecule has 0 aliphatic rings. The summed E-state index contributed by atoms with van der Waals surface area (Å²) in [6.45, 7) is 0.975. The molecule has 0 aromatic heterocycles. The van der Waals surface area contributed by atoms with E-state index in [4.69, 9.17) is 16.7 Å². The highest BCUT2D eigenvalue weighted by molar-refractivity contribution is 6.32. The van der Waals surface area contributed by atoms with Gasteiger partial charge in [0.25, 0.3) is 0 Å². The van der Waals surface area contributed by atoms with Gasteiger partial charge >= 0.3 is 0 Å². The predicted molar refractivity (Wildman–Crippen MR) is 59.6 cm³/mol. The Morgan fingerprint density at radius 1 is 1.29 bits per heavy atom. The maximum atomic E-state index is 9.03. The number of nitrogens with zero attached hydrogens (tertiary/aromatic N) is 1. The van der Waals surface area contributed by atoms with Gasteiger partial charge in [-0.15, -0.1) is 0 Å². The Kier molecular flexibility index (Phi) is 4.39. The van der Waals surface area contributed by atoms with Crippen molar-refractivity contribution >= 4 is 11.6 Å². The Labute approximate surface area is 90.1 Å². The average Bonchev–Trinajstić information content (AvgIpc) is 2.16. The molecule has 0 bridgehead atoms. The zero-order chi connectivity index (χ0) is 10.6. The van der Waals surface area contributed by atoms with E-state index in [0.29, 0.717) is 5.02 Å². The van der Waals surface area contributed by atoms with Gasteiger partial charge in [-0.3, -0.25) is 0 Å². The third-order valence-electron chi connectivity index (χ3n) is 2.16. The summed E-state index contributed by atoms with van der Waals surface area (Å²) < 4.78 is 0. The first-order chi connectivity index (χ1) is 6.65. The summed E-state index contributed by atoms with van der Waals surface area (Å²) in [7, 11) is 4.06. The van der Waals surface area contributed by atoms with Gasteiger partial charge in [0.1, 0.15) is 0 Å². The SMILES string of the molecule is CN(C)CCc1cccc(CO)c1Cl. The lowest BCUT2D eigenvalue weighted by Crippen LogP contribution is -2.15. The maximum absolute atomic E-state index is 9.03. The summed E-state index contributed by atoms with van der Waals surface area (Å²) >= 11 is 6.11. The molecule has 1 N–H and O–H groups in total. The van der Waals surface area contributed by atoms with Crippen LogP contribution in [0.2, 0.25) is 5.02 Å². The molecule has 0 aliphatic carbocycles. The van der Waals surface area contributed by atoms with Gasteiger partial charge in [0.05, 0.1) is 6.61 Å². The highest BCUT2D eigenvalue weighted by atomic mass is 35.5. The topological polar surface area (TPSA) is 23.5 Å². The Morgan fingerprint density at radius 2 is 1.93 bits per heavy atom. The average molecular weight is 214 g/mol. The number of hydrogen-bond acceptors (Lipinski definition) is 2. The summed E-state index contributed by atoms with van der Waals surface area (Å²) in [6, 6.07) is 5.79. The Bertz CT molecular complexity index is 299. The zero-order valence-corrected chi connectivity index (χ0v) is 9.38. The Hall–Kier alpha value is -0.570. The van der Waals surface area contributed by atoms with Crippen molar-refractivity contribution in [1.82, 2.24) is 4.90 Å². The monoisotopic (exact) mass is 213 g/mol. The third kappa shape index (κ3) is 2.98. The van der Waals surface area contributed by atoms with Gasteiger partial charge in [-0.25, -0.2) is 0 Å². The van der Waals surface area contributed by atoms with Gasteiger partial charge in [0, 0.05) is 11.6 Å². The van der Waals surface area contributed by atoms with Crippen LogP contribution in [0.3, 0.4) is 0 Å². The maximum Gasteiger partial charge on any atom is 0.0696 e. The highest BCUT2D eigenvalue weighted by Crippen LogP contribution is 2.21. The summed E-state index contributed by atoms with van der Waals surface area (Å²) in [6.07, 6.45) is 0.916. The van der Waals surface area contributed by atoms with Gasteiger partial charge < -0.3 is 10.0 Å². The van der Waals surface area contributed by atoms with Crippen molar-refractivity contribution in [2.24, 2.45) is 0 Å². The molecule has 0 radical (unpaired) electrons. The number of aliphatic hydroxyl groups excluding tert-OH is 1. The van der Waals surface area contributed by atoms with Gasteiger partial charge in [0.2, 0.25) is 0 Å². The lowest BCUT2D eigenvalue weighted by atomic mass is 10.1. The van der Waals surface area contributed by atoms with Gasteiger partial charge in [0.15, 0.2) is 0 Å². The highest BCUT2D eigenvalue weighted by Gasteiger charge is 2.04. The van der Waals surface area contributed by atoms with Crippen molar-refractivity contribution in [2.75, 3.05) is 20.6 Å². The van der Waals surface area contributed by atoms with Crippen molar-refractivity contribution in [3.63, 3.8) is 0 Å². The summed E-state index contributed by atoms with van der Waals surface area (Å²) in [5.41, 5.74) is 1.91. The molecule has 0 atom stereocenters. The Morgan fingerprint density at radius 3 is 2.50 bits per heavy atom. The summed E-state index contributed by atoms with van der Waals surface area (Å²) in [4.78, 5) is 2.11. The van der Waals surface area contributed by atoms with Gasteiger partial charge in [-0.05, 0) is 31.6 Å². The van der Waals surface area contributed by atoms with E-state index in [1.807, 2.05) is 32.3 Å². The first-order valence-electron chi connectivity index (χ1n) is 4.67. The number of likely N-dealkylation sites (N-methyl/N-ethyl adjacent to an activating group) is 1. The van der Waals surface area contributed by atoms with Crippen LogP contribution in [-0.4, -0.2) is 30.6 Å². The molecule has 3 heteroatoms. The van der Waals surface area contributed by atoms with Crippen LogP contribution in [0.5, 0.6) is 0 Å². The fourth-order valence-corrected chi connectivity index (χ4v) is 1.57. The number of halogens is 1.